The lowest BCUT2D eigenvalue weighted by atomic mass is 10.2. The van der Waals surface area contributed by atoms with Gasteiger partial charge in [0, 0.05) is 22.6 Å². The topological polar surface area (TPSA) is 65.6 Å². The Bertz CT molecular complexity index is 1410. The molecule has 0 atom stereocenters. The molecule has 0 bridgehead atoms. The van der Waals surface area contributed by atoms with Crippen molar-refractivity contribution in [2.45, 2.75) is 18.9 Å². The number of rotatable bonds is 6. The number of para-hydroxylation sites is 2. The number of hydrogen-bond acceptors (Lipinski definition) is 5. The molecule has 3 aromatic heterocycles. The summed E-state index contributed by atoms with van der Waals surface area (Å²) in [4.78, 5) is 21.9. The predicted molar refractivity (Wildman–Crippen MR) is 127 cm³/mol. The molecule has 6 nitrogen and oxygen atoms in total. The summed E-state index contributed by atoms with van der Waals surface area (Å²) in [5.74, 6) is 0.370. The van der Waals surface area contributed by atoms with E-state index in [1.807, 2.05) is 80.6 Å². The molecule has 0 fully saturated rings. The first kappa shape index (κ1) is 20.2. The molecule has 0 unspecified atom stereocenters. The van der Waals surface area contributed by atoms with Crippen LogP contribution in [0.5, 0.6) is 0 Å². The van der Waals surface area contributed by atoms with Gasteiger partial charge < -0.3 is 4.57 Å². The Kier molecular flexibility index (Phi) is 5.33. The number of hydrogen-bond donors (Lipinski definition) is 0. The van der Waals surface area contributed by atoms with Gasteiger partial charge in [-0.3, -0.25) is 4.79 Å². The largest absolute Gasteiger partial charge is 0.318 e. The van der Waals surface area contributed by atoms with Gasteiger partial charge in [0.1, 0.15) is 11.4 Å². The summed E-state index contributed by atoms with van der Waals surface area (Å²) < 4.78 is 3.90. The molecule has 2 aromatic carbocycles. The van der Waals surface area contributed by atoms with Gasteiger partial charge in [-0.1, -0.05) is 48.2 Å². The number of ketones is 1. The van der Waals surface area contributed by atoms with E-state index in [-0.39, 0.29) is 5.78 Å². The maximum absolute atomic E-state index is 13.1. The Balaban J connectivity index is 1.40. The molecule has 5 aromatic rings. The summed E-state index contributed by atoms with van der Waals surface area (Å²) in [7, 11) is 0. The van der Waals surface area contributed by atoms with E-state index in [4.69, 9.17) is 0 Å². The highest BCUT2D eigenvalue weighted by Crippen LogP contribution is 2.28. The van der Waals surface area contributed by atoms with Gasteiger partial charge in [0.15, 0.2) is 11.4 Å². The first-order valence-corrected chi connectivity index (χ1v) is 11.3. The fraction of sp³-hybridized carbons (Fsp3) is 0.120. The summed E-state index contributed by atoms with van der Waals surface area (Å²) in [6, 6.07) is 21.9. The highest BCUT2D eigenvalue weighted by atomic mass is 32.2. The number of benzene rings is 2. The quantitative estimate of drug-likeness (QED) is 0.207. The summed E-state index contributed by atoms with van der Waals surface area (Å²) in [6.45, 7) is 4.01. The van der Waals surface area contributed by atoms with E-state index in [0.717, 1.165) is 44.4 Å². The number of fused-ring (bicyclic) bond motifs is 1. The number of aromatic nitrogens is 5. The maximum Gasteiger partial charge on any atom is 0.174 e. The molecular formula is C25H21N5OS. The van der Waals surface area contributed by atoms with Crippen molar-refractivity contribution >= 4 is 28.6 Å². The Morgan fingerprint density at radius 3 is 2.34 bits per heavy atom. The van der Waals surface area contributed by atoms with E-state index in [9.17, 15) is 4.79 Å². The second-order valence-corrected chi connectivity index (χ2v) is 8.44. The molecule has 0 aliphatic heterocycles. The molecule has 3 heterocycles. The van der Waals surface area contributed by atoms with Crippen molar-refractivity contribution in [3.63, 3.8) is 0 Å². The van der Waals surface area contributed by atoms with Crippen molar-refractivity contribution in [3.05, 3.63) is 96.2 Å². The number of carbonyl (C=O) groups excluding carboxylic acids is 1. The fourth-order valence-corrected chi connectivity index (χ4v) is 4.77. The average molecular weight is 440 g/mol. The van der Waals surface area contributed by atoms with Crippen LogP contribution in [0.25, 0.3) is 22.4 Å². The minimum absolute atomic E-state index is 0.0764. The molecule has 0 radical (unpaired) electrons. The molecule has 158 valence electrons. The lowest BCUT2D eigenvalue weighted by Crippen LogP contribution is -2.06. The number of Topliss-reactive ketones (excluding diaryl/α,β-unsaturated/α-hetero) is 1. The van der Waals surface area contributed by atoms with Crippen molar-refractivity contribution in [2.24, 2.45) is 0 Å². The molecule has 0 aliphatic rings. The summed E-state index contributed by atoms with van der Waals surface area (Å²) >= 11 is 1.42. The normalized spacial score (nSPS) is 11.2. The SMILES string of the molecule is Cc1cc(C(=O)CSc2ncnc3c2cnn3-c2ccccc2)c(C)n1-c1ccccc1. The molecular weight excluding hydrogens is 418 g/mol. The molecule has 0 spiro atoms. The van der Waals surface area contributed by atoms with Crippen LogP contribution in [0.2, 0.25) is 0 Å². The maximum atomic E-state index is 13.1. The van der Waals surface area contributed by atoms with Crippen molar-refractivity contribution < 1.29 is 4.79 Å². The number of aryl methyl sites for hydroxylation is 1. The monoisotopic (exact) mass is 439 g/mol. The van der Waals surface area contributed by atoms with Gasteiger partial charge in [0.05, 0.1) is 23.0 Å². The van der Waals surface area contributed by atoms with Gasteiger partial charge in [-0.25, -0.2) is 14.6 Å². The van der Waals surface area contributed by atoms with E-state index in [1.165, 1.54) is 18.1 Å². The van der Waals surface area contributed by atoms with Crippen LogP contribution in [0.15, 0.2) is 84.3 Å². The van der Waals surface area contributed by atoms with Crippen molar-refractivity contribution in [1.29, 1.82) is 0 Å². The number of thioether (sulfide) groups is 1. The second kappa shape index (κ2) is 8.43. The van der Waals surface area contributed by atoms with Crippen LogP contribution in [0, 0.1) is 13.8 Å². The zero-order valence-corrected chi connectivity index (χ0v) is 18.6. The van der Waals surface area contributed by atoms with Gasteiger partial charge in [0.25, 0.3) is 0 Å². The molecule has 7 heteroatoms. The van der Waals surface area contributed by atoms with Crippen LogP contribution in [-0.4, -0.2) is 35.9 Å². The van der Waals surface area contributed by atoms with E-state index in [2.05, 4.69) is 19.6 Å². The Morgan fingerprint density at radius 1 is 0.938 bits per heavy atom. The first-order valence-electron chi connectivity index (χ1n) is 10.3. The smallest absolute Gasteiger partial charge is 0.174 e. The minimum atomic E-state index is 0.0764. The predicted octanol–water partition coefficient (Wildman–Crippen LogP) is 5.20. The van der Waals surface area contributed by atoms with Crippen LogP contribution < -0.4 is 0 Å². The zero-order valence-electron chi connectivity index (χ0n) is 17.8. The lowest BCUT2D eigenvalue weighted by Gasteiger charge is -2.09. The minimum Gasteiger partial charge on any atom is -0.318 e. The Hall–Kier alpha value is -3.71. The molecule has 0 saturated heterocycles. The highest BCUT2D eigenvalue weighted by molar-refractivity contribution is 8.00. The Morgan fingerprint density at radius 2 is 1.62 bits per heavy atom. The van der Waals surface area contributed by atoms with Crippen molar-refractivity contribution in [2.75, 3.05) is 5.75 Å². The van der Waals surface area contributed by atoms with E-state index in [1.54, 1.807) is 10.9 Å². The summed E-state index contributed by atoms with van der Waals surface area (Å²) in [6.07, 6.45) is 3.29. The van der Waals surface area contributed by atoms with Gasteiger partial charge in [-0.05, 0) is 44.2 Å². The lowest BCUT2D eigenvalue weighted by molar-refractivity contribution is 0.102. The van der Waals surface area contributed by atoms with Gasteiger partial charge >= 0.3 is 0 Å². The van der Waals surface area contributed by atoms with Crippen LogP contribution in [0.4, 0.5) is 0 Å². The molecule has 0 aliphatic carbocycles. The third-order valence-electron chi connectivity index (χ3n) is 5.42. The molecule has 32 heavy (non-hydrogen) atoms. The van der Waals surface area contributed by atoms with E-state index < -0.39 is 0 Å². The van der Waals surface area contributed by atoms with Crippen LogP contribution >= 0.6 is 11.8 Å². The van der Waals surface area contributed by atoms with Crippen LogP contribution in [0.1, 0.15) is 21.7 Å². The van der Waals surface area contributed by atoms with E-state index in [0.29, 0.717) is 5.75 Å². The fourth-order valence-electron chi connectivity index (χ4n) is 3.93. The standard InChI is InChI=1S/C25H21N5OS/c1-17-13-21(18(2)29(17)19-9-5-3-6-10-19)23(31)15-32-25-22-14-28-30(24(22)26-16-27-25)20-11-7-4-8-12-20/h3-14,16H,15H2,1-2H3. The van der Waals surface area contributed by atoms with E-state index >= 15 is 0 Å². The second-order valence-electron chi connectivity index (χ2n) is 7.48. The Labute approximate surface area is 189 Å². The van der Waals surface area contributed by atoms with Gasteiger partial charge in [-0.15, -0.1) is 0 Å². The van der Waals surface area contributed by atoms with Gasteiger partial charge in [-0.2, -0.15) is 5.10 Å². The molecule has 0 amide bonds. The third-order valence-corrected chi connectivity index (χ3v) is 6.42. The highest BCUT2D eigenvalue weighted by Gasteiger charge is 2.18. The molecule has 0 saturated carbocycles. The summed E-state index contributed by atoms with van der Waals surface area (Å²) in [5, 5.41) is 6.08. The molecule has 5 rings (SSSR count). The van der Waals surface area contributed by atoms with Crippen molar-refractivity contribution in [1.82, 2.24) is 24.3 Å². The third kappa shape index (κ3) is 3.61. The zero-order chi connectivity index (χ0) is 22.1. The van der Waals surface area contributed by atoms with Gasteiger partial charge in [0.2, 0.25) is 0 Å². The summed E-state index contributed by atoms with van der Waals surface area (Å²) in [5.41, 5.74) is 5.44. The number of nitrogens with zero attached hydrogens (tertiary/aromatic N) is 5. The van der Waals surface area contributed by atoms with Crippen LogP contribution in [0.3, 0.4) is 0 Å². The number of carbonyl (C=O) groups is 1. The van der Waals surface area contributed by atoms with Crippen LogP contribution in [-0.2, 0) is 0 Å². The van der Waals surface area contributed by atoms with Crippen molar-refractivity contribution in [3.8, 4) is 11.4 Å². The first-order chi connectivity index (χ1) is 15.6. The molecule has 0 N–H and O–H groups in total. The average Bonchev–Trinajstić information content (AvgIpc) is 3.39.